The molecule has 2 heterocycles. The van der Waals surface area contributed by atoms with Gasteiger partial charge >= 0.3 is 0 Å². The second-order valence-electron chi connectivity index (χ2n) is 7.83. The highest BCUT2D eigenvalue weighted by Crippen LogP contribution is 2.25. The predicted molar refractivity (Wildman–Crippen MR) is 122 cm³/mol. The van der Waals surface area contributed by atoms with Crippen LogP contribution in [0.1, 0.15) is 48.3 Å². The molecule has 0 N–H and O–H groups in total. The summed E-state index contributed by atoms with van der Waals surface area (Å²) in [4.78, 5) is 22.7. The molecular weight excluding hydrogens is 474 g/mol. The van der Waals surface area contributed by atoms with Crippen LogP contribution in [0, 0.1) is 0 Å². The van der Waals surface area contributed by atoms with Crippen molar-refractivity contribution in [3.63, 3.8) is 0 Å². The van der Waals surface area contributed by atoms with Crippen molar-refractivity contribution in [2.75, 3.05) is 17.3 Å². The lowest BCUT2D eigenvalue weighted by molar-refractivity contribution is 0.0674. The largest absolute Gasteiger partial charge is 0.329 e. The van der Waals surface area contributed by atoms with Crippen molar-refractivity contribution in [3.8, 4) is 0 Å². The summed E-state index contributed by atoms with van der Waals surface area (Å²) in [6.07, 6.45) is 2.64. The molecule has 32 heavy (non-hydrogen) atoms. The maximum absolute atomic E-state index is 13.5. The van der Waals surface area contributed by atoms with E-state index in [9.17, 15) is 21.6 Å². The molecule has 3 rings (SSSR count). The highest BCUT2D eigenvalue weighted by Gasteiger charge is 2.36. The van der Waals surface area contributed by atoms with Gasteiger partial charge in [-0.15, -0.1) is 0 Å². The fourth-order valence-electron chi connectivity index (χ4n) is 3.61. The minimum Gasteiger partial charge on any atom is -0.329 e. The van der Waals surface area contributed by atoms with Crippen molar-refractivity contribution in [2.45, 2.75) is 50.9 Å². The van der Waals surface area contributed by atoms with E-state index in [1.807, 2.05) is 31.2 Å². The van der Waals surface area contributed by atoms with Crippen LogP contribution in [0.5, 0.6) is 0 Å². The molecule has 0 bridgehead atoms. The van der Waals surface area contributed by atoms with Crippen molar-refractivity contribution in [1.82, 2.24) is 14.9 Å². The van der Waals surface area contributed by atoms with Gasteiger partial charge in [0.2, 0.25) is 15.0 Å². The van der Waals surface area contributed by atoms with Gasteiger partial charge in [-0.1, -0.05) is 49.7 Å². The summed E-state index contributed by atoms with van der Waals surface area (Å²) in [5, 5.41) is -0.545. The number of benzene rings is 1. The molecular formula is C21H26ClN3O5S2. The summed E-state index contributed by atoms with van der Waals surface area (Å²) in [5.74, 6) is -0.942. The summed E-state index contributed by atoms with van der Waals surface area (Å²) < 4.78 is 49.0. The number of hydrogen-bond acceptors (Lipinski definition) is 7. The number of hydrogen-bond donors (Lipinski definition) is 0. The molecule has 0 aliphatic carbocycles. The third-order valence-corrected chi connectivity index (χ3v) is 9.10. The molecule has 174 valence electrons. The topological polar surface area (TPSA) is 114 Å². The number of carbonyl (C=O) groups is 1. The van der Waals surface area contributed by atoms with E-state index in [0.29, 0.717) is 12.8 Å². The van der Waals surface area contributed by atoms with Gasteiger partial charge in [-0.25, -0.2) is 26.8 Å². The third kappa shape index (κ3) is 5.65. The number of sulfone groups is 2. The first-order chi connectivity index (χ1) is 15.1. The van der Waals surface area contributed by atoms with Crippen LogP contribution in [-0.4, -0.2) is 60.9 Å². The Hall–Kier alpha value is -2.04. The first-order valence-corrected chi connectivity index (χ1v) is 14.3. The van der Waals surface area contributed by atoms with Crippen molar-refractivity contribution in [1.29, 1.82) is 0 Å². The zero-order valence-electron chi connectivity index (χ0n) is 18.0. The van der Waals surface area contributed by atoms with Crippen LogP contribution >= 0.6 is 11.6 Å². The highest BCUT2D eigenvalue weighted by molar-refractivity contribution is 7.91. The number of nitrogens with zero attached hydrogens (tertiary/aromatic N) is 3. The zero-order chi connectivity index (χ0) is 23.5. The van der Waals surface area contributed by atoms with Crippen LogP contribution in [0.3, 0.4) is 0 Å². The van der Waals surface area contributed by atoms with Crippen LogP contribution in [0.25, 0.3) is 0 Å². The highest BCUT2D eigenvalue weighted by atomic mass is 35.5. The average molecular weight is 500 g/mol. The van der Waals surface area contributed by atoms with Crippen molar-refractivity contribution < 1.29 is 21.6 Å². The van der Waals surface area contributed by atoms with E-state index in [2.05, 4.69) is 9.97 Å². The molecule has 1 amide bonds. The van der Waals surface area contributed by atoms with E-state index in [-0.39, 0.29) is 34.5 Å². The molecule has 1 fully saturated rings. The molecule has 0 spiro atoms. The van der Waals surface area contributed by atoms with Crippen molar-refractivity contribution in [2.24, 2.45) is 0 Å². The fraction of sp³-hybridized carbons (Fsp3) is 0.476. The molecule has 1 saturated heterocycles. The van der Waals surface area contributed by atoms with Gasteiger partial charge in [0.15, 0.2) is 15.5 Å². The monoisotopic (exact) mass is 499 g/mol. The van der Waals surface area contributed by atoms with Gasteiger partial charge < -0.3 is 4.90 Å². The molecule has 11 heteroatoms. The average Bonchev–Trinajstić information content (AvgIpc) is 3.11. The van der Waals surface area contributed by atoms with Gasteiger partial charge in [0.25, 0.3) is 5.91 Å². The Balaban J connectivity index is 1.99. The number of rotatable bonds is 8. The van der Waals surface area contributed by atoms with Crippen LogP contribution < -0.4 is 0 Å². The van der Waals surface area contributed by atoms with E-state index >= 15 is 0 Å². The number of amides is 1. The van der Waals surface area contributed by atoms with E-state index in [0.717, 1.165) is 23.7 Å². The van der Waals surface area contributed by atoms with Gasteiger partial charge in [0.1, 0.15) is 0 Å². The van der Waals surface area contributed by atoms with Gasteiger partial charge in [-0.2, -0.15) is 0 Å². The van der Waals surface area contributed by atoms with Crippen molar-refractivity contribution >= 4 is 37.2 Å². The molecule has 1 aliphatic rings. The molecule has 8 nitrogen and oxygen atoms in total. The zero-order valence-corrected chi connectivity index (χ0v) is 20.4. The number of aromatic nitrogens is 2. The lowest BCUT2D eigenvalue weighted by atomic mass is 10.1. The second kappa shape index (κ2) is 9.84. The fourth-order valence-corrected chi connectivity index (χ4v) is 6.68. The SMILES string of the molecule is CCCS(=O)(=O)c1ncc(Cl)c(C(=O)N(Cc2ccc(CC)cc2)C2CCS(=O)(=O)C2)n1. The molecule has 1 aromatic heterocycles. The minimum absolute atomic E-state index is 0.0101. The summed E-state index contributed by atoms with van der Waals surface area (Å²) in [7, 11) is -7.02. The minimum atomic E-state index is -3.76. The summed E-state index contributed by atoms with van der Waals surface area (Å²) in [5.41, 5.74) is 1.72. The van der Waals surface area contributed by atoms with E-state index in [1.54, 1.807) is 6.92 Å². The van der Waals surface area contributed by atoms with E-state index < -0.39 is 36.8 Å². The Bertz CT molecular complexity index is 1200. The lowest BCUT2D eigenvalue weighted by Gasteiger charge is -2.28. The Morgan fingerprint density at radius 3 is 2.41 bits per heavy atom. The molecule has 0 saturated carbocycles. The molecule has 1 aliphatic heterocycles. The standard InChI is InChI=1S/C21H26ClN3O5S2/c1-3-10-32(29,30)21-23-12-18(22)19(24-21)20(26)25(17-9-11-31(27,28)14-17)13-16-7-5-15(4-2)6-8-16/h5-8,12,17H,3-4,9-11,13-14H2,1-2H3. The Kier molecular flexibility index (Phi) is 7.57. The van der Waals surface area contributed by atoms with Crippen LogP contribution in [0.15, 0.2) is 35.6 Å². The third-order valence-electron chi connectivity index (χ3n) is 5.37. The number of halogens is 1. The van der Waals surface area contributed by atoms with E-state index in [4.69, 9.17) is 11.6 Å². The van der Waals surface area contributed by atoms with Crippen molar-refractivity contribution in [3.05, 3.63) is 52.3 Å². The normalized spacial score (nSPS) is 17.9. The molecule has 1 aromatic carbocycles. The molecule has 1 atom stereocenters. The molecule has 1 unspecified atom stereocenters. The number of aryl methyl sites for hydroxylation is 1. The molecule has 2 aromatic rings. The summed E-state index contributed by atoms with van der Waals surface area (Å²) in [6, 6.07) is 7.13. The Morgan fingerprint density at radius 2 is 1.84 bits per heavy atom. The van der Waals surface area contributed by atoms with Crippen LogP contribution in [0.2, 0.25) is 5.02 Å². The first-order valence-electron chi connectivity index (χ1n) is 10.4. The Labute approximate surface area is 193 Å². The van der Waals surface area contributed by atoms with Gasteiger partial charge in [-0.3, -0.25) is 4.79 Å². The molecule has 0 radical (unpaired) electrons. The van der Waals surface area contributed by atoms with Gasteiger partial charge in [-0.05, 0) is 30.4 Å². The maximum atomic E-state index is 13.5. The quantitative estimate of drug-likeness (QED) is 0.513. The maximum Gasteiger partial charge on any atom is 0.274 e. The smallest absolute Gasteiger partial charge is 0.274 e. The van der Waals surface area contributed by atoms with Crippen LogP contribution in [-0.2, 0) is 32.6 Å². The predicted octanol–water partition coefficient (Wildman–Crippen LogP) is 2.71. The lowest BCUT2D eigenvalue weighted by Crippen LogP contribution is -2.41. The number of carbonyl (C=O) groups excluding carboxylic acids is 1. The first kappa shape index (κ1) is 24.6. The van der Waals surface area contributed by atoms with E-state index in [1.165, 1.54) is 4.90 Å². The summed E-state index contributed by atoms with van der Waals surface area (Å²) >= 11 is 6.18. The van der Waals surface area contributed by atoms with Gasteiger partial charge in [0, 0.05) is 12.6 Å². The summed E-state index contributed by atoms with van der Waals surface area (Å²) in [6.45, 7) is 3.90. The second-order valence-corrected chi connectivity index (χ2v) is 12.5. The Morgan fingerprint density at radius 1 is 1.19 bits per heavy atom. The van der Waals surface area contributed by atoms with Gasteiger partial charge in [0.05, 0.1) is 28.5 Å². The van der Waals surface area contributed by atoms with Crippen LogP contribution in [0.4, 0.5) is 0 Å².